The van der Waals surface area contributed by atoms with Crippen molar-refractivity contribution in [1.82, 2.24) is 25.2 Å². The summed E-state index contributed by atoms with van der Waals surface area (Å²) >= 11 is 0. The molecule has 0 saturated heterocycles. The van der Waals surface area contributed by atoms with Crippen LogP contribution in [0.25, 0.3) is 10.9 Å². The fraction of sp³-hybridized carbons (Fsp3) is 0.407. The molecule has 0 unspecified atom stereocenters. The van der Waals surface area contributed by atoms with Gasteiger partial charge in [0.05, 0.1) is 11.6 Å². The number of nitrogens with one attached hydrogen (secondary N) is 1. The second kappa shape index (κ2) is 8.08. The Bertz CT molecular complexity index is 1430. The van der Waals surface area contributed by atoms with Gasteiger partial charge in [-0.05, 0) is 84.7 Å². The lowest BCUT2D eigenvalue weighted by Crippen LogP contribution is -2.39. The average Bonchev–Trinajstić information content (AvgIpc) is 3.58. The molecule has 0 radical (unpaired) electrons. The number of hydrogen-bond donors (Lipinski definition) is 1. The lowest BCUT2D eigenvalue weighted by molar-refractivity contribution is 0.423. The fourth-order valence-electron chi connectivity index (χ4n) is 5.93. The Morgan fingerprint density at radius 1 is 1.09 bits per heavy atom. The van der Waals surface area contributed by atoms with Crippen molar-refractivity contribution in [2.24, 2.45) is 0 Å². The molecule has 4 aromatic rings. The van der Waals surface area contributed by atoms with Gasteiger partial charge < -0.3 is 9.88 Å². The highest BCUT2D eigenvalue weighted by molar-refractivity contribution is 5.83. The molecule has 2 atom stereocenters. The summed E-state index contributed by atoms with van der Waals surface area (Å²) in [4.78, 5) is 19.2. The molecule has 2 aromatic carbocycles. The third-order valence-corrected chi connectivity index (χ3v) is 7.85. The van der Waals surface area contributed by atoms with Crippen LogP contribution in [0.4, 0.5) is 5.69 Å². The average molecular weight is 455 g/mol. The quantitative estimate of drug-likeness (QED) is 0.480. The highest BCUT2D eigenvalue weighted by atomic mass is 16.1. The Morgan fingerprint density at radius 3 is 2.71 bits per heavy atom. The molecule has 1 fully saturated rings. The molecule has 174 valence electrons. The van der Waals surface area contributed by atoms with Crippen molar-refractivity contribution in [3.05, 3.63) is 80.9 Å². The molecule has 1 N–H and O–H groups in total. The first kappa shape index (κ1) is 21.1. The van der Waals surface area contributed by atoms with E-state index in [1.165, 1.54) is 24.0 Å². The second-order valence-electron chi connectivity index (χ2n) is 9.94. The number of rotatable bonds is 4. The third-order valence-electron chi connectivity index (χ3n) is 7.85. The first-order chi connectivity index (χ1) is 16.5. The minimum absolute atomic E-state index is 0.0799. The van der Waals surface area contributed by atoms with Crippen molar-refractivity contribution in [3.63, 3.8) is 0 Å². The number of para-hydroxylation sites is 1. The maximum atomic E-state index is 13.7. The van der Waals surface area contributed by atoms with E-state index in [2.05, 4.69) is 82.6 Å². The minimum Gasteiger partial charge on any atom is -0.354 e. The van der Waals surface area contributed by atoms with Crippen LogP contribution in [0.15, 0.2) is 47.3 Å². The first-order valence-corrected chi connectivity index (χ1v) is 12.3. The van der Waals surface area contributed by atoms with Crippen LogP contribution in [0.1, 0.15) is 72.8 Å². The molecule has 1 aliphatic heterocycles. The number of benzene rings is 2. The number of hydrogen-bond acceptors (Lipinski definition) is 5. The number of aryl methyl sites for hydroxylation is 2. The Morgan fingerprint density at radius 2 is 1.88 bits per heavy atom. The van der Waals surface area contributed by atoms with Crippen LogP contribution >= 0.6 is 0 Å². The zero-order valence-electron chi connectivity index (χ0n) is 20.0. The predicted molar refractivity (Wildman–Crippen MR) is 133 cm³/mol. The summed E-state index contributed by atoms with van der Waals surface area (Å²) in [6.45, 7) is 6.35. The van der Waals surface area contributed by atoms with Crippen LogP contribution in [0.5, 0.6) is 0 Å². The molecule has 34 heavy (non-hydrogen) atoms. The summed E-state index contributed by atoms with van der Waals surface area (Å²) < 4.78 is 2.00. The van der Waals surface area contributed by atoms with Gasteiger partial charge >= 0.3 is 0 Å². The number of pyridine rings is 1. The van der Waals surface area contributed by atoms with Crippen LogP contribution in [0, 0.1) is 13.8 Å². The molecule has 0 spiro atoms. The van der Waals surface area contributed by atoms with E-state index in [4.69, 9.17) is 0 Å². The van der Waals surface area contributed by atoms with E-state index in [0.29, 0.717) is 5.56 Å². The lowest BCUT2D eigenvalue weighted by Gasteiger charge is -2.34. The molecule has 7 nitrogen and oxygen atoms in total. The normalized spacial score (nSPS) is 19.1. The zero-order chi connectivity index (χ0) is 23.4. The SMILES string of the molecule is Cc1ccc2cc([C@@H](c3nnnn3C3CCCC3)N3c4ccccc4C[C@H]3C)c(=O)[nH]c2c1C. The van der Waals surface area contributed by atoms with E-state index < -0.39 is 0 Å². The van der Waals surface area contributed by atoms with Crippen LogP contribution in [-0.2, 0) is 6.42 Å². The fourth-order valence-corrected chi connectivity index (χ4v) is 5.93. The molecule has 1 saturated carbocycles. The highest BCUT2D eigenvalue weighted by Crippen LogP contribution is 2.42. The van der Waals surface area contributed by atoms with Gasteiger partial charge in [0.25, 0.3) is 5.56 Å². The van der Waals surface area contributed by atoms with Crippen LogP contribution in [0.2, 0.25) is 0 Å². The smallest absolute Gasteiger partial charge is 0.254 e. The topological polar surface area (TPSA) is 79.7 Å². The molecule has 2 aromatic heterocycles. The number of anilines is 1. The van der Waals surface area contributed by atoms with Gasteiger partial charge in [0, 0.05) is 17.3 Å². The Kier molecular flexibility index (Phi) is 5.01. The van der Waals surface area contributed by atoms with E-state index in [1.54, 1.807) is 0 Å². The van der Waals surface area contributed by atoms with Crippen molar-refractivity contribution in [2.75, 3.05) is 4.90 Å². The molecule has 1 aliphatic carbocycles. The molecule has 0 bridgehead atoms. The van der Waals surface area contributed by atoms with E-state index in [9.17, 15) is 4.79 Å². The molecule has 0 amide bonds. The van der Waals surface area contributed by atoms with Gasteiger partial charge in [0.2, 0.25) is 0 Å². The number of nitrogens with zero attached hydrogens (tertiary/aromatic N) is 5. The van der Waals surface area contributed by atoms with Crippen molar-refractivity contribution in [1.29, 1.82) is 0 Å². The highest BCUT2D eigenvalue weighted by Gasteiger charge is 2.39. The lowest BCUT2D eigenvalue weighted by atomic mass is 9.99. The first-order valence-electron chi connectivity index (χ1n) is 12.3. The maximum absolute atomic E-state index is 13.7. The van der Waals surface area contributed by atoms with Gasteiger partial charge in [-0.3, -0.25) is 4.79 Å². The van der Waals surface area contributed by atoms with Gasteiger partial charge in [-0.1, -0.05) is 43.2 Å². The van der Waals surface area contributed by atoms with Crippen molar-refractivity contribution in [3.8, 4) is 0 Å². The standard InChI is InChI=1S/C27H30N6O/c1-16-12-13-20-15-22(27(34)28-24(20)18(16)3)25(26-29-30-31-33(26)21-9-5-6-10-21)32-17(2)14-19-8-4-7-11-23(19)32/h4,7-8,11-13,15,17,21,25H,5-6,9-10,14H2,1-3H3,(H,28,34)/t17-,25+/m1/s1. The molecular weight excluding hydrogens is 424 g/mol. The number of H-pyrrole nitrogens is 1. The van der Waals surface area contributed by atoms with Gasteiger partial charge in [-0.25, -0.2) is 4.68 Å². The summed E-state index contributed by atoms with van der Waals surface area (Å²) in [5, 5.41) is 14.1. The molecule has 3 heterocycles. The van der Waals surface area contributed by atoms with Crippen molar-refractivity contribution < 1.29 is 0 Å². The summed E-state index contributed by atoms with van der Waals surface area (Å²) in [5.41, 5.74) is 6.23. The van der Waals surface area contributed by atoms with E-state index in [0.717, 1.165) is 47.2 Å². The zero-order valence-corrected chi connectivity index (χ0v) is 20.0. The Balaban J connectivity index is 1.59. The van der Waals surface area contributed by atoms with Gasteiger partial charge in [-0.2, -0.15) is 0 Å². The van der Waals surface area contributed by atoms with Gasteiger partial charge in [0.15, 0.2) is 5.82 Å². The minimum atomic E-state index is -0.371. The predicted octanol–water partition coefficient (Wildman–Crippen LogP) is 4.79. The second-order valence-corrected chi connectivity index (χ2v) is 9.94. The largest absolute Gasteiger partial charge is 0.354 e. The number of aromatic amines is 1. The number of tetrazole rings is 1. The van der Waals surface area contributed by atoms with Gasteiger partial charge in [-0.15, -0.1) is 5.10 Å². The Hall–Kier alpha value is -3.48. The third kappa shape index (κ3) is 3.25. The van der Waals surface area contributed by atoms with Crippen molar-refractivity contribution in [2.45, 2.75) is 71.0 Å². The summed E-state index contributed by atoms with van der Waals surface area (Å²) in [6.07, 6.45) is 5.45. The Labute approximate surface area is 198 Å². The van der Waals surface area contributed by atoms with E-state index in [-0.39, 0.29) is 23.7 Å². The molecule has 6 rings (SSSR count). The van der Waals surface area contributed by atoms with Crippen LogP contribution < -0.4 is 10.5 Å². The molecule has 7 heteroatoms. The van der Waals surface area contributed by atoms with Gasteiger partial charge in [0.1, 0.15) is 6.04 Å². The molecular formula is C27H30N6O. The number of aromatic nitrogens is 5. The number of fused-ring (bicyclic) bond motifs is 2. The summed E-state index contributed by atoms with van der Waals surface area (Å²) in [6, 6.07) is 14.9. The summed E-state index contributed by atoms with van der Waals surface area (Å²) in [7, 11) is 0. The van der Waals surface area contributed by atoms with Crippen LogP contribution in [0.3, 0.4) is 0 Å². The maximum Gasteiger partial charge on any atom is 0.254 e. The van der Waals surface area contributed by atoms with Crippen molar-refractivity contribution >= 4 is 16.6 Å². The summed E-state index contributed by atoms with van der Waals surface area (Å²) in [5.74, 6) is 0.754. The van der Waals surface area contributed by atoms with E-state index in [1.807, 2.05) is 10.7 Å². The van der Waals surface area contributed by atoms with Crippen LogP contribution in [-0.4, -0.2) is 31.2 Å². The monoisotopic (exact) mass is 454 g/mol. The van der Waals surface area contributed by atoms with E-state index >= 15 is 0 Å². The molecule has 2 aliphatic rings.